The van der Waals surface area contributed by atoms with Crippen molar-refractivity contribution < 1.29 is 34.0 Å². The summed E-state index contributed by atoms with van der Waals surface area (Å²) in [5, 5.41) is 21.3. The molecule has 0 spiro atoms. The minimum atomic E-state index is -0.844. The molecule has 0 bridgehead atoms. The number of ether oxygens (including phenoxy) is 3. The molecule has 0 aliphatic carbocycles. The van der Waals surface area contributed by atoms with E-state index in [1.807, 2.05) is 13.8 Å². The van der Waals surface area contributed by atoms with E-state index >= 15 is 0 Å². The molecule has 34 heavy (non-hydrogen) atoms. The smallest absolute Gasteiger partial charge is 0.295 e. The molecule has 0 unspecified atom stereocenters. The lowest BCUT2D eigenvalue weighted by atomic mass is 9.95. The van der Waals surface area contributed by atoms with Gasteiger partial charge in [0.05, 0.1) is 24.3 Å². The summed E-state index contributed by atoms with van der Waals surface area (Å²) in [5.74, 6) is -0.940. The Balaban J connectivity index is 2.10. The van der Waals surface area contributed by atoms with Gasteiger partial charge in [-0.3, -0.25) is 9.59 Å². The van der Waals surface area contributed by atoms with Crippen molar-refractivity contribution in [1.29, 1.82) is 0 Å². The van der Waals surface area contributed by atoms with Crippen LogP contribution in [0.2, 0.25) is 0 Å². The number of carbonyl (C=O) groups is 2. The Kier molecular flexibility index (Phi) is 8.17. The van der Waals surface area contributed by atoms with Gasteiger partial charge < -0.3 is 29.3 Å². The fourth-order valence-electron chi connectivity index (χ4n) is 3.93. The van der Waals surface area contributed by atoms with E-state index in [2.05, 4.69) is 0 Å². The zero-order valence-corrected chi connectivity index (χ0v) is 19.9. The van der Waals surface area contributed by atoms with Crippen molar-refractivity contribution in [3.63, 3.8) is 0 Å². The van der Waals surface area contributed by atoms with Gasteiger partial charge in [-0.25, -0.2) is 0 Å². The number of benzene rings is 2. The Labute approximate surface area is 199 Å². The number of hydrogen-bond acceptors (Lipinski definition) is 7. The minimum Gasteiger partial charge on any atom is -0.507 e. The first-order chi connectivity index (χ1) is 16.3. The number of ketones is 1. The molecule has 1 saturated heterocycles. The lowest BCUT2D eigenvalue weighted by Crippen LogP contribution is -2.31. The number of hydrogen-bond donors (Lipinski definition) is 2. The third kappa shape index (κ3) is 5.34. The van der Waals surface area contributed by atoms with Crippen molar-refractivity contribution in [2.75, 3.05) is 26.9 Å². The summed E-state index contributed by atoms with van der Waals surface area (Å²) < 4.78 is 16.2. The summed E-state index contributed by atoms with van der Waals surface area (Å²) >= 11 is 0. The van der Waals surface area contributed by atoms with Gasteiger partial charge in [0, 0.05) is 25.8 Å². The largest absolute Gasteiger partial charge is 0.507 e. The molecule has 182 valence electrons. The van der Waals surface area contributed by atoms with E-state index < -0.39 is 17.7 Å². The quantitative estimate of drug-likeness (QED) is 0.234. The highest BCUT2D eigenvalue weighted by atomic mass is 16.5. The predicted octanol–water partition coefficient (Wildman–Crippen LogP) is 4.04. The second-order valence-electron chi connectivity index (χ2n) is 8.19. The molecule has 2 aromatic rings. The van der Waals surface area contributed by atoms with Gasteiger partial charge in [0.15, 0.2) is 11.5 Å². The van der Waals surface area contributed by atoms with Crippen molar-refractivity contribution in [1.82, 2.24) is 4.90 Å². The van der Waals surface area contributed by atoms with Gasteiger partial charge >= 0.3 is 0 Å². The van der Waals surface area contributed by atoms with Crippen molar-refractivity contribution in [2.45, 2.75) is 39.3 Å². The van der Waals surface area contributed by atoms with E-state index in [1.54, 1.807) is 50.4 Å². The SMILES string of the molecule is CCOc1cc([C@H]2C(=C(O)c3ccc(OC(C)C)cc3)C(=O)C(=O)N2CCCOC)ccc1O. The van der Waals surface area contributed by atoms with Crippen LogP contribution < -0.4 is 9.47 Å². The van der Waals surface area contributed by atoms with Crippen LogP contribution in [0.25, 0.3) is 5.76 Å². The molecule has 1 atom stereocenters. The zero-order valence-electron chi connectivity index (χ0n) is 19.9. The molecule has 1 amide bonds. The molecule has 8 nitrogen and oxygen atoms in total. The Morgan fingerprint density at radius 3 is 2.44 bits per heavy atom. The number of aromatic hydroxyl groups is 1. The Morgan fingerprint density at radius 1 is 1.12 bits per heavy atom. The van der Waals surface area contributed by atoms with Crippen molar-refractivity contribution in [3.8, 4) is 17.2 Å². The highest BCUT2D eigenvalue weighted by molar-refractivity contribution is 6.46. The topological polar surface area (TPSA) is 106 Å². The maximum atomic E-state index is 13.1. The average molecular weight is 470 g/mol. The van der Waals surface area contributed by atoms with E-state index in [0.717, 1.165) is 0 Å². The molecule has 3 rings (SSSR count). The number of phenolic OH excluding ortho intramolecular Hbond substituents is 1. The van der Waals surface area contributed by atoms with Crippen LogP contribution in [-0.2, 0) is 14.3 Å². The van der Waals surface area contributed by atoms with Crippen LogP contribution in [0.4, 0.5) is 0 Å². The normalized spacial score (nSPS) is 17.4. The van der Waals surface area contributed by atoms with Gasteiger partial charge in [0.1, 0.15) is 11.5 Å². The number of nitrogens with zero attached hydrogens (tertiary/aromatic N) is 1. The first kappa shape index (κ1) is 25.1. The molecule has 2 aromatic carbocycles. The van der Waals surface area contributed by atoms with Crippen LogP contribution >= 0.6 is 0 Å². The third-order valence-corrected chi connectivity index (χ3v) is 5.39. The van der Waals surface area contributed by atoms with Crippen LogP contribution in [-0.4, -0.2) is 59.8 Å². The summed E-state index contributed by atoms with van der Waals surface area (Å²) in [6.45, 7) is 6.60. The average Bonchev–Trinajstić information content (AvgIpc) is 3.05. The molecule has 1 heterocycles. The number of phenols is 1. The lowest BCUT2D eigenvalue weighted by Gasteiger charge is -2.25. The van der Waals surface area contributed by atoms with E-state index in [1.165, 1.54) is 11.0 Å². The zero-order chi connectivity index (χ0) is 24.8. The predicted molar refractivity (Wildman–Crippen MR) is 127 cm³/mol. The monoisotopic (exact) mass is 469 g/mol. The molecule has 0 saturated carbocycles. The van der Waals surface area contributed by atoms with E-state index in [4.69, 9.17) is 14.2 Å². The van der Waals surface area contributed by atoms with E-state index in [-0.39, 0.29) is 35.5 Å². The fourth-order valence-corrected chi connectivity index (χ4v) is 3.93. The minimum absolute atomic E-state index is 0.00842. The highest BCUT2D eigenvalue weighted by Gasteiger charge is 2.46. The molecule has 2 N–H and O–H groups in total. The summed E-state index contributed by atoms with van der Waals surface area (Å²) in [6.07, 6.45) is 0.503. The van der Waals surface area contributed by atoms with Crippen molar-refractivity contribution >= 4 is 17.4 Å². The number of likely N-dealkylation sites (tertiary alicyclic amines) is 1. The molecule has 0 aromatic heterocycles. The van der Waals surface area contributed by atoms with Crippen LogP contribution in [0.3, 0.4) is 0 Å². The molecule has 1 aliphatic heterocycles. The first-order valence-electron chi connectivity index (χ1n) is 11.3. The van der Waals surface area contributed by atoms with Crippen LogP contribution in [0.1, 0.15) is 44.4 Å². The van der Waals surface area contributed by atoms with Gasteiger partial charge in [-0.15, -0.1) is 0 Å². The number of carbonyl (C=O) groups excluding carboxylic acids is 2. The van der Waals surface area contributed by atoms with Crippen LogP contribution in [0, 0.1) is 0 Å². The number of Topliss-reactive ketones (excluding diaryl/α,β-unsaturated/α-hetero) is 1. The molecular weight excluding hydrogens is 438 g/mol. The highest BCUT2D eigenvalue weighted by Crippen LogP contribution is 2.42. The van der Waals surface area contributed by atoms with Crippen LogP contribution in [0.5, 0.6) is 17.2 Å². The van der Waals surface area contributed by atoms with Gasteiger partial charge in [0.2, 0.25) is 0 Å². The maximum absolute atomic E-state index is 13.1. The number of aliphatic hydroxyl groups is 1. The molecule has 0 radical (unpaired) electrons. The van der Waals surface area contributed by atoms with Crippen molar-refractivity contribution in [2.24, 2.45) is 0 Å². The Bertz CT molecular complexity index is 1060. The van der Waals surface area contributed by atoms with E-state index in [9.17, 15) is 19.8 Å². The fraction of sp³-hybridized carbons (Fsp3) is 0.385. The summed E-state index contributed by atoms with van der Waals surface area (Å²) in [5.41, 5.74) is 0.909. The van der Waals surface area contributed by atoms with Gasteiger partial charge in [-0.05, 0) is 69.2 Å². The number of methoxy groups -OCH3 is 1. The molecular formula is C26H31NO7. The maximum Gasteiger partial charge on any atom is 0.295 e. The summed E-state index contributed by atoms with van der Waals surface area (Å²) in [7, 11) is 1.56. The van der Waals surface area contributed by atoms with Gasteiger partial charge in [-0.2, -0.15) is 0 Å². The first-order valence-corrected chi connectivity index (χ1v) is 11.3. The number of aliphatic hydroxyl groups excluding tert-OH is 1. The summed E-state index contributed by atoms with van der Waals surface area (Å²) in [4.78, 5) is 27.5. The summed E-state index contributed by atoms with van der Waals surface area (Å²) in [6, 6.07) is 10.5. The number of amides is 1. The van der Waals surface area contributed by atoms with Crippen LogP contribution in [0.15, 0.2) is 48.0 Å². The molecule has 1 aliphatic rings. The standard InChI is InChI=1S/C26H31NO7/c1-5-33-21-15-18(9-12-20(21)28)23-22(25(30)26(31)27(23)13-6-14-32-4)24(29)17-7-10-19(11-8-17)34-16(2)3/h7-12,15-16,23,28-29H,5-6,13-14H2,1-4H3/t23-/m0/s1. The Hall–Kier alpha value is -3.52. The second-order valence-corrected chi connectivity index (χ2v) is 8.19. The van der Waals surface area contributed by atoms with Gasteiger partial charge in [-0.1, -0.05) is 6.07 Å². The Morgan fingerprint density at radius 2 is 1.82 bits per heavy atom. The molecule has 1 fully saturated rings. The molecule has 8 heteroatoms. The van der Waals surface area contributed by atoms with Gasteiger partial charge in [0.25, 0.3) is 11.7 Å². The second kappa shape index (κ2) is 11.1. The van der Waals surface area contributed by atoms with E-state index in [0.29, 0.717) is 36.5 Å². The van der Waals surface area contributed by atoms with Crippen molar-refractivity contribution in [3.05, 3.63) is 59.2 Å². The third-order valence-electron chi connectivity index (χ3n) is 5.39. The number of rotatable bonds is 10. The lowest BCUT2D eigenvalue weighted by molar-refractivity contribution is -0.140.